The predicted octanol–water partition coefficient (Wildman–Crippen LogP) is 3.78. The maximum Gasteiger partial charge on any atom is 0.339 e. The molecule has 98 valence electrons. The fourth-order valence-electron chi connectivity index (χ4n) is 1.45. The molecule has 0 aliphatic heterocycles. The van der Waals surface area contributed by atoms with E-state index in [9.17, 15) is 9.18 Å². The lowest BCUT2D eigenvalue weighted by Crippen LogP contribution is -2.02. The highest BCUT2D eigenvalue weighted by molar-refractivity contribution is 9.10. The second-order valence-corrected chi connectivity index (χ2v) is 4.59. The van der Waals surface area contributed by atoms with E-state index in [0.717, 1.165) is 17.7 Å². The molecule has 0 fully saturated rings. The zero-order chi connectivity index (χ0) is 14.0. The zero-order valence-corrected chi connectivity index (χ0v) is 11.4. The summed E-state index contributed by atoms with van der Waals surface area (Å²) in [5, 5.41) is 9.01. The number of aromatic nitrogens is 1. The van der Waals surface area contributed by atoms with Gasteiger partial charge in [-0.3, -0.25) is 0 Å². The first-order valence-electron chi connectivity index (χ1n) is 5.31. The summed E-state index contributed by atoms with van der Waals surface area (Å²) in [6, 6.07) is 5.07. The van der Waals surface area contributed by atoms with Gasteiger partial charge >= 0.3 is 5.97 Å². The molecule has 0 atom stereocenters. The lowest BCUT2D eigenvalue weighted by molar-refractivity contribution is 0.0693. The van der Waals surface area contributed by atoms with Crippen molar-refractivity contribution in [2.45, 2.75) is 6.92 Å². The van der Waals surface area contributed by atoms with Crippen LogP contribution in [0, 0.1) is 12.7 Å². The first-order valence-corrected chi connectivity index (χ1v) is 6.10. The average molecular weight is 326 g/mol. The van der Waals surface area contributed by atoms with Crippen LogP contribution in [0.3, 0.4) is 0 Å². The Morgan fingerprint density at radius 2 is 2.16 bits per heavy atom. The van der Waals surface area contributed by atoms with Gasteiger partial charge in [0.1, 0.15) is 17.1 Å². The van der Waals surface area contributed by atoms with Crippen molar-refractivity contribution in [2.75, 3.05) is 0 Å². The molecule has 0 saturated carbocycles. The molecule has 19 heavy (non-hydrogen) atoms. The Labute approximate surface area is 117 Å². The summed E-state index contributed by atoms with van der Waals surface area (Å²) in [4.78, 5) is 15.0. The Bertz CT molecular complexity index is 646. The average Bonchev–Trinajstić information content (AvgIpc) is 2.36. The van der Waals surface area contributed by atoms with Gasteiger partial charge in [-0.1, -0.05) is 0 Å². The number of benzene rings is 1. The Balaban J connectivity index is 2.44. The van der Waals surface area contributed by atoms with Crippen molar-refractivity contribution in [3.8, 4) is 11.6 Å². The molecule has 0 bridgehead atoms. The van der Waals surface area contributed by atoms with Gasteiger partial charge in [-0.05, 0) is 52.7 Å². The minimum Gasteiger partial charge on any atom is -0.478 e. The number of nitrogens with zero attached hydrogens (tertiary/aromatic N) is 1. The SMILES string of the molecule is Cc1ccnc(Oc2ccc(F)cc2C(=O)O)c1Br. The molecule has 0 spiro atoms. The molecule has 1 aromatic carbocycles. The molecular formula is C13H9BrFNO3. The van der Waals surface area contributed by atoms with Crippen molar-refractivity contribution in [1.29, 1.82) is 0 Å². The molecule has 0 radical (unpaired) electrons. The smallest absolute Gasteiger partial charge is 0.339 e. The third kappa shape index (κ3) is 2.90. The van der Waals surface area contributed by atoms with Crippen molar-refractivity contribution >= 4 is 21.9 Å². The zero-order valence-electron chi connectivity index (χ0n) is 9.85. The number of carbonyl (C=O) groups is 1. The molecule has 0 amide bonds. The van der Waals surface area contributed by atoms with Crippen molar-refractivity contribution in [3.63, 3.8) is 0 Å². The van der Waals surface area contributed by atoms with Crippen LogP contribution in [0.4, 0.5) is 4.39 Å². The Morgan fingerprint density at radius 3 is 2.84 bits per heavy atom. The summed E-state index contributed by atoms with van der Waals surface area (Å²) < 4.78 is 19.1. The fraction of sp³-hybridized carbons (Fsp3) is 0.0769. The number of aryl methyl sites for hydroxylation is 1. The number of hydrogen-bond acceptors (Lipinski definition) is 3. The number of carboxylic acid groups (broad SMARTS) is 1. The second-order valence-electron chi connectivity index (χ2n) is 3.79. The van der Waals surface area contributed by atoms with Crippen LogP contribution < -0.4 is 4.74 Å². The topological polar surface area (TPSA) is 59.4 Å². The summed E-state index contributed by atoms with van der Waals surface area (Å²) >= 11 is 3.30. The maximum absolute atomic E-state index is 13.0. The van der Waals surface area contributed by atoms with Gasteiger partial charge < -0.3 is 9.84 Å². The Morgan fingerprint density at radius 1 is 1.42 bits per heavy atom. The minimum absolute atomic E-state index is 0.0349. The van der Waals surface area contributed by atoms with Crippen LogP contribution in [0.15, 0.2) is 34.9 Å². The second kappa shape index (κ2) is 5.36. The summed E-state index contributed by atoms with van der Waals surface area (Å²) in [5.74, 6) is -1.64. The summed E-state index contributed by atoms with van der Waals surface area (Å²) in [6.45, 7) is 1.85. The number of halogens is 2. The van der Waals surface area contributed by atoms with E-state index >= 15 is 0 Å². The van der Waals surface area contributed by atoms with Crippen molar-refractivity contribution in [3.05, 3.63) is 51.9 Å². The Kier molecular flexibility index (Phi) is 3.80. The number of rotatable bonds is 3. The lowest BCUT2D eigenvalue weighted by Gasteiger charge is -2.10. The summed E-state index contributed by atoms with van der Waals surface area (Å²) in [6.07, 6.45) is 1.54. The molecule has 1 N–H and O–H groups in total. The molecule has 2 rings (SSSR count). The molecule has 6 heteroatoms. The monoisotopic (exact) mass is 325 g/mol. The van der Waals surface area contributed by atoms with Crippen LogP contribution in [-0.4, -0.2) is 16.1 Å². The number of ether oxygens (including phenoxy) is 1. The van der Waals surface area contributed by atoms with E-state index in [1.54, 1.807) is 12.3 Å². The van der Waals surface area contributed by atoms with Gasteiger partial charge in [0, 0.05) is 6.20 Å². The van der Waals surface area contributed by atoms with Gasteiger partial charge in [0.2, 0.25) is 5.88 Å². The van der Waals surface area contributed by atoms with Gasteiger partial charge in [0.15, 0.2) is 0 Å². The van der Waals surface area contributed by atoms with Gasteiger partial charge in [0.25, 0.3) is 0 Å². The molecule has 2 aromatic rings. The van der Waals surface area contributed by atoms with E-state index in [1.165, 1.54) is 6.07 Å². The quantitative estimate of drug-likeness (QED) is 0.932. The molecule has 4 nitrogen and oxygen atoms in total. The van der Waals surface area contributed by atoms with Gasteiger partial charge in [-0.15, -0.1) is 0 Å². The van der Waals surface area contributed by atoms with Gasteiger partial charge in [-0.25, -0.2) is 14.2 Å². The largest absolute Gasteiger partial charge is 0.478 e. The standard InChI is InChI=1S/C13H9BrFNO3/c1-7-4-5-16-12(11(7)14)19-10-3-2-8(15)6-9(10)13(17)18/h2-6H,1H3,(H,17,18). The van der Waals surface area contributed by atoms with Crippen LogP contribution in [0.5, 0.6) is 11.6 Å². The van der Waals surface area contributed by atoms with E-state index in [4.69, 9.17) is 9.84 Å². The normalized spacial score (nSPS) is 10.3. The van der Waals surface area contributed by atoms with E-state index in [0.29, 0.717) is 4.47 Å². The van der Waals surface area contributed by atoms with Crippen molar-refractivity contribution in [2.24, 2.45) is 0 Å². The number of aromatic carboxylic acids is 1. The highest BCUT2D eigenvalue weighted by Gasteiger charge is 2.15. The van der Waals surface area contributed by atoms with Gasteiger partial charge in [-0.2, -0.15) is 0 Å². The summed E-state index contributed by atoms with van der Waals surface area (Å²) in [7, 11) is 0. The van der Waals surface area contributed by atoms with Crippen molar-refractivity contribution < 1.29 is 19.0 Å². The molecule has 1 aromatic heterocycles. The molecule has 0 unspecified atom stereocenters. The fourth-order valence-corrected chi connectivity index (χ4v) is 1.76. The highest BCUT2D eigenvalue weighted by atomic mass is 79.9. The van der Waals surface area contributed by atoms with E-state index < -0.39 is 11.8 Å². The van der Waals surface area contributed by atoms with Crippen LogP contribution in [-0.2, 0) is 0 Å². The highest BCUT2D eigenvalue weighted by Crippen LogP contribution is 2.31. The first kappa shape index (κ1) is 13.5. The molecule has 0 aliphatic rings. The summed E-state index contributed by atoms with van der Waals surface area (Å²) in [5.41, 5.74) is 0.638. The van der Waals surface area contributed by atoms with Crippen molar-refractivity contribution in [1.82, 2.24) is 4.98 Å². The lowest BCUT2D eigenvalue weighted by atomic mass is 10.2. The third-order valence-electron chi connectivity index (χ3n) is 2.43. The van der Waals surface area contributed by atoms with Crippen LogP contribution in [0.2, 0.25) is 0 Å². The van der Waals surface area contributed by atoms with Crippen LogP contribution in [0.1, 0.15) is 15.9 Å². The van der Waals surface area contributed by atoms with Crippen LogP contribution in [0.25, 0.3) is 0 Å². The first-order chi connectivity index (χ1) is 8.99. The molecule has 1 heterocycles. The van der Waals surface area contributed by atoms with E-state index in [2.05, 4.69) is 20.9 Å². The van der Waals surface area contributed by atoms with Crippen LogP contribution >= 0.6 is 15.9 Å². The number of pyridine rings is 1. The molecule has 0 saturated heterocycles. The number of carboxylic acids is 1. The number of hydrogen-bond donors (Lipinski definition) is 1. The Hall–Kier alpha value is -1.95. The predicted molar refractivity (Wildman–Crippen MR) is 70.1 cm³/mol. The minimum atomic E-state index is -1.27. The van der Waals surface area contributed by atoms with E-state index in [1.807, 2.05) is 6.92 Å². The molecule has 0 aliphatic carbocycles. The van der Waals surface area contributed by atoms with E-state index in [-0.39, 0.29) is 17.2 Å². The van der Waals surface area contributed by atoms with Gasteiger partial charge in [0.05, 0.1) is 4.47 Å². The third-order valence-corrected chi connectivity index (χ3v) is 3.39. The maximum atomic E-state index is 13.0. The molecular weight excluding hydrogens is 317 g/mol.